The second-order valence-corrected chi connectivity index (χ2v) is 7.66. The van der Waals surface area contributed by atoms with Crippen molar-refractivity contribution in [3.8, 4) is 11.5 Å². The normalized spacial score (nSPS) is 17.3. The maximum absolute atomic E-state index is 13.7. The molecule has 2 aliphatic rings. The van der Waals surface area contributed by atoms with E-state index in [1.165, 1.54) is 19.1 Å². The highest BCUT2D eigenvalue weighted by molar-refractivity contribution is 6.45. The van der Waals surface area contributed by atoms with Crippen LogP contribution in [-0.4, -0.2) is 80.3 Å². The summed E-state index contributed by atoms with van der Waals surface area (Å²) >= 11 is 0. The van der Waals surface area contributed by atoms with Gasteiger partial charge in [-0.3, -0.25) is 14.5 Å². The van der Waals surface area contributed by atoms with Crippen LogP contribution < -0.4 is 14.4 Å². The molecule has 0 atom stereocenters. The molecule has 8 nitrogen and oxygen atoms in total. The van der Waals surface area contributed by atoms with Crippen LogP contribution in [-0.2, 0) is 9.59 Å². The molecule has 4 rings (SSSR count). The zero-order valence-electron chi connectivity index (χ0n) is 18.3. The van der Waals surface area contributed by atoms with E-state index in [1.54, 1.807) is 18.2 Å². The van der Waals surface area contributed by atoms with Crippen LogP contribution in [0.1, 0.15) is 5.56 Å². The second kappa shape index (κ2) is 9.42. The van der Waals surface area contributed by atoms with Gasteiger partial charge in [0.15, 0.2) is 0 Å². The van der Waals surface area contributed by atoms with Gasteiger partial charge in [0.2, 0.25) is 0 Å². The average Bonchev–Trinajstić information content (AvgIpc) is 3.09. The smallest absolute Gasteiger partial charge is 0.282 e. The number of imide groups is 1. The third kappa shape index (κ3) is 4.06. The van der Waals surface area contributed by atoms with Gasteiger partial charge >= 0.3 is 0 Å². The largest absolute Gasteiger partial charge is 0.497 e. The van der Waals surface area contributed by atoms with Crippen molar-refractivity contribution in [1.82, 2.24) is 9.80 Å². The summed E-state index contributed by atoms with van der Waals surface area (Å²) in [5.41, 5.74) is 1.91. The maximum atomic E-state index is 13.7. The highest BCUT2D eigenvalue weighted by Crippen LogP contribution is 2.37. The van der Waals surface area contributed by atoms with Crippen molar-refractivity contribution in [3.05, 3.63) is 59.8 Å². The third-order valence-electron chi connectivity index (χ3n) is 5.82. The Morgan fingerprint density at radius 3 is 2.06 bits per heavy atom. The zero-order chi connectivity index (χ0) is 22.7. The van der Waals surface area contributed by atoms with Gasteiger partial charge in [-0.2, -0.15) is 0 Å². The van der Waals surface area contributed by atoms with E-state index in [9.17, 15) is 14.7 Å². The molecule has 0 saturated carbocycles. The SMILES string of the molecule is COc1cc(OC)cc(N2C(=O)C(c3ccccc3)=C(N3CCN(CCO)CC3)C2=O)c1. The minimum absolute atomic E-state index is 0.0980. The topological polar surface area (TPSA) is 82.6 Å². The highest BCUT2D eigenvalue weighted by atomic mass is 16.5. The molecule has 32 heavy (non-hydrogen) atoms. The molecule has 0 aromatic heterocycles. The highest BCUT2D eigenvalue weighted by Gasteiger charge is 2.43. The number of piperazine rings is 1. The first kappa shape index (κ1) is 21.9. The summed E-state index contributed by atoms with van der Waals surface area (Å²) in [5, 5.41) is 9.22. The van der Waals surface area contributed by atoms with E-state index in [0.29, 0.717) is 66.7 Å². The van der Waals surface area contributed by atoms with Gasteiger partial charge in [0.05, 0.1) is 32.1 Å². The minimum atomic E-state index is -0.371. The van der Waals surface area contributed by atoms with E-state index in [-0.39, 0.29) is 18.4 Å². The summed E-state index contributed by atoms with van der Waals surface area (Å²) in [7, 11) is 3.05. The third-order valence-corrected chi connectivity index (χ3v) is 5.82. The van der Waals surface area contributed by atoms with Gasteiger partial charge in [-0.05, 0) is 5.56 Å². The van der Waals surface area contributed by atoms with Crippen LogP contribution in [0.2, 0.25) is 0 Å². The zero-order valence-corrected chi connectivity index (χ0v) is 18.3. The fourth-order valence-corrected chi connectivity index (χ4v) is 4.17. The summed E-state index contributed by atoms with van der Waals surface area (Å²) in [5.74, 6) is 0.253. The molecule has 2 amide bonds. The summed E-state index contributed by atoms with van der Waals surface area (Å²) in [6.07, 6.45) is 0. The Labute approximate surface area is 187 Å². The number of hydrogen-bond acceptors (Lipinski definition) is 7. The average molecular weight is 437 g/mol. The minimum Gasteiger partial charge on any atom is -0.497 e. The Balaban J connectivity index is 1.75. The van der Waals surface area contributed by atoms with Crippen molar-refractivity contribution in [3.63, 3.8) is 0 Å². The Hall–Kier alpha value is -3.36. The molecular weight excluding hydrogens is 410 g/mol. The predicted molar refractivity (Wildman–Crippen MR) is 120 cm³/mol. The molecular formula is C24H27N3O5. The number of benzene rings is 2. The second-order valence-electron chi connectivity index (χ2n) is 7.66. The van der Waals surface area contributed by atoms with Crippen molar-refractivity contribution >= 4 is 23.1 Å². The molecule has 0 radical (unpaired) electrons. The van der Waals surface area contributed by atoms with Crippen molar-refractivity contribution < 1.29 is 24.2 Å². The fraction of sp³-hybridized carbons (Fsp3) is 0.333. The van der Waals surface area contributed by atoms with Crippen LogP contribution in [0, 0.1) is 0 Å². The number of nitrogens with zero attached hydrogens (tertiary/aromatic N) is 3. The Kier molecular flexibility index (Phi) is 6.43. The summed E-state index contributed by atoms with van der Waals surface area (Å²) in [6.45, 7) is 3.31. The number of carbonyl (C=O) groups is 2. The monoisotopic (exact) mass is 437 g/mol. The van der Waals surface area contributed by atoms with Crippen LogP contribution in [0.25, 0.3) is 5.57 Å². The molecule has 2 aliphatic heterocycles. The number of aliphatic hydroxyl groups is 1. The quantitative estimate of drug-likeness (QED) is 0.659. The lowest BCUT2D eigenvalue weighted by Crippen LogP contribution is -2.48. The molecule has 168 valence electrons. The number of amides is 2. The number of hydrogen-bond donors (Lipinski definition) is 1. The molecule has 1 N–H and O–H groups in total. The fourth-order valence-electron chi connectivity index (χ4n) is 4.17. The summed E-state index contributed by atoms with van der Waals surface area (Å²) < 4.78 is 10.7. The number of methoxy groups -OCH3 is 2. The van der Waals surface area contributed by atoms with Crippen LogP contribution in [0.5, 0.6) is 11.5 Å². The molecule has 0 spiro atoms. The molecule has 0 unspecified atom stereocenters. The number of rotatable bonds is 7. The van der Waals surface area contributed by atoms with Crippen molar-refractivity contribution in [2.75, 3.05) is 58.5 Å². The van der Waals surface area contributed by atoms with E-state index in [0.717, 1.165) is 0 Å². The van der Waals surface area contributed by atoms with Crippen molar-refractivity contribution in [1.29, 1.82) is 0 Å². The van der Waals surface area contributed by atoms with E-state index in [2.05, 4.69) is 4.90 Å². The van der Waals surface area contributed by atoms with Gasteiger partial charge in [0.25, 0.3) is 11.8 Å². The lowest BCUT2D eigenvalue weighted by molar-refractivity contribution is -0.120. The summed E-state index contributed by atoms with van der Waals surface area (Å²) in [4.78, 5) is 32.6. The van der Waals surface area contributed by atoms with Gasteiger partial charge in [-0.15, -0.1) is 0 Å². The molecule has 2 heterocycles. The van der Waals surface area contributed by atoms with Crippen LogP contribution in [0.4, 0.5) is 5.69 Å². The molecule has 1 fully saturated rings. The predicted octanol–water partition coefficient (Wildman–Crippen LogP) is 1.60. The maximum Gasteiger partial charge on any atom is 0.282 e. The van der Waals surface area contributed by atoms with E-state index in [4.69, 9.17) is 9.47 Å². The molecule has 2 aromatic rings. The Bertz CT molecular complexity index is 1010. The van der Waals surface area contributed by atoms with E-state index >= 15 is 0 Å². The first-order chi connectivity index (χ1) is 15.6. The molecule has 0 aliphatic carbocycles. The Morgan fingerprint density at radius 1 is 0.875 bits per heavy atom. The van der Waals surface area contributed by atoms with Gasteiger partial charge in [-0.25, -0.2) is 4.90 Å². The number of carbonyl (C=O) groups excluding carboxylic acids is 2. The van der Waals surface area contributed by atoms with E-state index < -0.39 is 0 Å². The van der Waals surface area contributed by atoms with Gasteiger partial charge < -0.3 is 19.5 Å². The van der Waals surface area contributed by atoms with Crippen LogP contribution >= 0.6 is 0 Å². The standard InChI is InChI=1S/C24H27N3O5/c1-31-19-14-18(15-20(16-19)32-2)27-23(29)21(17-6-4-3-5-7-17)22(24(27)30)26-10-8-25(9-11-26)12-13-28/h3-7,14-16,28H,8-13H2,1-2H3. The van der Waals surface area contributed by atoms with Gasteiger partial charge in [0, 0.05) is 50.9 Å². The first-order valence-electron chi connectivity index (χ1n) is 10.6. The molecule has 0 bridgehead atoms. The molecule has 2 aromatic carbocycles. The Morgan fingerprint density at radius 2 is 1.50 bits per heavy atom. The number of β-amino-alcohol motifs (C(OH)–C–C–N with tert-alkyl or cyclic N) is 1. The lowest BCUT2D eigenvalue weighted by atomic mass is 10.0. The van der Waals surface area contributed by atoms with Crippen molar-refractivity contribution in [2.45, 2.75) is 0 Å². The summed E-state index contributed by atoms with van der Waals surface area (Å²) in [6, 6.07) is 14.3. The number of aliphatic hydroxyl groups excluding tert-OH is 1. The van der Waals surface area contributed by atoms with Crippen LogP contribution in [0.3, 0.4) is 0 Å². The first-order valence-corrected chi connectivity index (χ1v) is 10.6. The van der Waals surface area contributed by atoms with Crippen molar-refractivity contribution in [2.24, 2.45) is 0 Å². The number of ether oxygens (including phenoxy) is 2. The van der Waals surface area contributed by atoms with Crippen LogP contribution in [0.15, 0.2) is 54.2 Å². The van der Waals surface area contributed by atoms with E-state index in [1.807, 2.05) is 35.2 Å². The number of anilines is 1. The molecule has 1 saturated heterocycles. The van der Waals surface area contributed by atoms with Gasteiger partial charge in [-0.1, -0.05) is 30.3 Å². The lowest BCUT2D eigenvalue weighted by Gasteiger charge is -2.36. The molecule has 8 heteroatoms. The van der Waals surface area contributed by atoms with Gasteiger partial charge in [0.1, 0.15) is 17.2 Å².